The lowest BCUT2D eigenvalue weighted by molar-refractivity contribution is -0.119. The Balaban J connectivity index is 2.42. The van der Waals surface area contributed by atoms with Crippen LogP contribution < -0.4 is 16.2 Å². The van der Waals surface area contributed by atoms with Gasteiger partial charge in [-0.05, 0) is 37.5 Å². The van der Waals surface area contributed by atoms with E-state index in [9.17, 15) is 14.4 Å². The molecule has 0 spiro atoms. The van der Waals surface area contributed by atoms with Gasteiger partial charge in [0.2, 0.25) is 5.91 Å². The van der Waals surface area contributed by atoms with Gasteiger partial charge in [0.05, 0.1) is 16.2 Å². The van der Waals surface area contributed by atoms with Gasteiger partial charge in [-0.1, -0.05) is 37.2 Å². The van der Waals surface area contributed by atoms with Crippen molar-refractivity contribution in [2.45, 2.75) is 44.1 Å². The predicted molar refractivity (Wildman–Crippen MR) is 108 cm³/mol. The van der Waals surface area contributed by atoms with Crippen molar-refractivity contribution in [3.05, 3.63) is 33.6 Å². The number of aromatic nitrogens is 2. The summed E-state index contributed by atoms with van der Waals surface area (Å²) in [4.78, 5) is 41.0. The van der Waals surface area contributed by atoms with E-state index in [1.54, 1.807) is 29.7 Å². The number of thioether (sulfide) groups is 1. The lowest BCUT2D eigenvalue weighted by Crippen LogP contribution is -2.41. The molecule has 0 radical (unpaired) electrons. The average molecular weight is 411 g/mol. The number of nitrogens with one attached hydrogen (secondary N) is 2. The number of nitrogens with zero attached hydrogens (tertiary/aromatic N) is 2. The van der Waals surface area contributed by atoms with Crippen molar-refractivity contribution in [3.63, 3.8) is 0 Å². The Kier molecular flexibility index (Phi) is 7.26. The Labute approximate surface area is 166 Å². The summed E-state index contributed by atoms with van der Waals surface area (Å²) in [6.45, 7) is 6.30. The smallest absolute Gasteiger partial charge is 0.321 e. The minimum Gasteiger partial charge on any atom is -0.341 e. The van der Waals surface area contributed by atoms with Crippen LogP contribution in [0.2, 0.25) is 5.02 Å². The largest absolute Gasteiger partial charge is 0.341 e. The molecule has 0 fully saturated rings. The predicted octanol–water partition coefficient (Wildman–Crippen LogP) is 3.03. The third-order valence-electron chi connectivity index (χ3n) is 3.93. The first kappa shape index (κ1) is 21.2. The maximum Gasteiger partial charge on any atom is 0.321 e. The topological polar surface area (TPSA) is 93.1 Å². The van der Waals surface area contributed by atoms with Crippen molar-refractivity contribution in [1.82, 2.24) is 20.2 Å². The highest BCUT2D eigenvalue weighted by atomic mass is 35.5. The lowest BCUT2D eigenvalue weighted by Gasteiger charge is -2.17. The molecule has 0 aliphatic carbocycles. The molecule has 1 aromatic heterocycles. The number of urea groups is 1. The molecule has 1 heterocycles. The van der Waals surface area contributed by atoms with Crippen LogP contribution in [0, 0.1) is 5.92 Å². The Bertz CT molecular complexity index is 913. The van der Waals surface area contributed by atoms with E-state index >= 15 is 0 Å². The summed E-state index contributed by atoms with van der Waals surface area (Å²) >= 11 is 7.17. The summed E-state index contributed by atoms with van der Waals surface area (Å²) < 4.78 is 1.59. The first-order valence-electron chi connectivity index (χ1n) is 8.62. The molecule has 0 bridgehead atoms. The van der Waals surface area contributed by atoms with E-state index < -0.39 is 17.2 Å². The van der Waals surface area contributed by atoms with Gasteiger partial charge in [0.1, 0.15) is 0 Å². The van der Waals surface area contributed by atoms with Crippen LogP contribution in [-0.4, -0.2) is 33.8 Å². The molecule has 3 amide bonds. The van der Waals surface area contributed by atoms with Crippen LogP contribution in [0.25, 0.3) is 10.9 Å². The molecule has 1 aromatic carbocycles. The molecule has 0 saturated carbocycles. The summed E-state index contributed by atoms with van der Waals surface area (Å²) in [7, 11) is 1.43. The van der Waals surface area contributed by atoms with Gasteiger partial charge in [0.25, 0.3) is 5.56 Å². The van der Waals surface area contributed by atoms with Crippen molar-refractivity contribution in [2.75, 3.05) is 7.05 Å². The minimum absolute atomic E-state index is 0.168. The van der Waals surface area contributed by atoms with Crippen LogP contribution in [0.4, 0.5) is 4.79 Å². The molecule has 1 unspecified atom stereocenters. The highest BCUT2D eigenvalue weighted by Gasteiger charge is 2.21. The van der Waals surface area contributed by atoms with E-state index in [-0.39, 0.29) is 5.56 Å². The van der Waals surface area contributed by atoms with Crippen LogP contribution >= 0.6 is 23.4 Å². The molecule has 146 valence electrons. The molecule has 0 saturated heterocycles. The Morgan fingerprint density at radius 3 is 2.63 bits per heavy atom. The van der Waals surface area contributed by atoms with Crippen molar-refractivity contribution in [3.8, 4) is 0 Å². The zero-order valence-electron chi connectivity index (χ0n) is 15.7. The highest BCUT2D eigenvalue weighted by molar-refractivity contribution is 8.00. The summed E-state index contributed by atoms with van der Waals surface area (Å²) in [6, 6.07) is 4.37. The standard InChI is InChI=1S/C18H23ClN4O3S/c1-10(2)7-8-23-16(25)13-6-5-12(19)9-14(13)21-18(23)27-11(3)15(24)22-17(26)20-4/h5-6,9-11H,7-8H2,1-4H3,(H2,20,22,24,26). The zero-order valence-corrected chi connectivity index (χ0v) is 17.3. The second kappa shape index (κ2) is 9.23. The zero-order chi connectivity index (χ0) is 20.1. The molecule has 2 aromatic rings. The number of carbonyl (C=O) groups excluding carboxylic acids is 2. The molecule has 2 rings (SSSR count). The molecule has 27 heavy (non-hydrogen) atoms. The fraction of sp³-hybridized carbons (Fsp3) is 0.444. The van der Waals surface area contributed by atoms with Crippen LogP contribution in [0.5, 0.6) is 0 Å². The van der Waals surface area contributed by atoms with Gasteiger partial charge in [-0.25, -0.2) is 9.78 Å². The van der Waals surface area contributed by atoms with Gasteiger partial charge in [0.15, 0.2) is 5.16 Å². The van der Waals surface area contributed by atoms with Gasteiger partial charge in [-0.3, -0.25) is 19.5 Å². The van der Waals surface area contributed by atoms with Gasteiger partial charge in [0, 0.05) is 18.6 Å². The summed E-state index contributed by atoms with van der Waals surface area (Å²) in [5, 5.41) is 5.34. The molecule has 7 nitrogen and oxygen atoms in total. The van der Waals surface area contributed by atoms with E-state index in [1.165, 1.54) is 7.05 Å². The molecular formula is C18H23ClN4O3S. The van der Waals surface area contributed by atoms with Crippen LogP contribution in [0.1, 0.15) is 27.2 Å². The van der Waals surface area contributed by atoms with Gasteiger partial charge in [-0.15, -0.1) is 0 Å². The number of fused-ring (bicyclic) bond motifs is 1. The number of rotatable bonds is 6. The first-order valence-corrected chi connectivity index (χ1v) is 9.88. The fourth-order valence-corrected chi connectivity index (χ4v) is 3.44. The van der Waals surface area contributed by atoms with Crippen LogP contribution in [-0.2, 0) is 11.3 Å². The van der Waals surface area contributed by atoms with E-state index in [0.717, 1.165) is 18.2 Å². The Hall–Kier alpha value is -2.06. The molecule has 9 heteroatoms. The van der Waals surface area contributed by atoms with Crippen molar-refractivity contribution >= 4 is 46.2 Å². The second-order valence-electron chi connectivity index (χ2n) is 6.52. The minimum atomic E-state index is -0.615. The number of imide groups is 1. The third kappa shape index (κ3) is 5.46. The summed E-state index contributed by atoms with van der Waals surface area (Å²) in [5.74, 6) is -0.0557. The third-order valence-corrected chi connectivity index (χ3v) is 5.25. The Morgan fingerprint density at radius 2 is 2.00 bits per heavy atom. The summed E-state index contributed by atoms with van der Waals surface area (Å²) in [6.07, 6.45) is 0.799. The molecule has 0 aliphatic heterocycles. The SMILES string of the molecule is CNC(=O)NC(=O)C(C)Sc1nc2cc(Cl)ccc2c(=O)n1CCC(C)C. The fourth-order valence-electron chi connectivity index (χ4n) is 2.34. The van der Waals surface area contributed by atoms with Gasteiger partial charge < -0.3 is 5.32 Å². The Morgan fingerprint density at radius 1 is 1.30 bits per heavy atom. The van der Waals surface area contributed by atoms with Crippen LogP contribution in [0.3, 0.4) is 0 Å². The second-order valence-corrected chi connectivity index (χ2v) is 8.27. The van der Waals surface area contributed by atoms with Crippen LogP contribution in [0.15, 0.2) is 28.2 Å². The monoisotopic (exact) mass is 410 g/mol. The van der Waals surface area contributed by atoms with Crippen molar-refractivity contribution in [2.24, 2.45) is 5.92 Å². The quantitative estimate of drug-likeness (QED) is 0.564. The van der Waals surface area contributed by atoms with Crippen molar-refractivity contribution in [1.29, 1.82) is 0 Å². The number of benzene rings is 1. The normalized spacial score (nSPS) is 12.2. The van der Waals surface area contributed by atoms with E-state index in [0.29, 0.717) is 33.5 Å². The van der Waals surface area contributed by atoms with Gasteiger partial charge in [-0.2, -0.15) is 0 Å². The number of hydrogen-bond acceptors (Lipinski definition) is 5. The average Bonchev–Trinajstić information content (AvgIpc) is 2.60. The number of carbonyl (C=O) groups is 2. The maximum absolute atomic E-state index is 13.0. The first-order chi connectivity index (χ1) is 12.7. The number of hydrogen-bond donors (Lipinski definition) is 2. The van der Waals surface area contributed by atoms with E-state index in [4.69, 9.17) is 11.6 Å². The van der Waals surface area contributed by atoms with Gasteiger partial charge >= 0.3 is 6.03 Å². The molecular weight excluding hydrogens is 388 g/mol. The highest BCUT2D eigenvalue weighted by Crippen LogP contribution is 2.24. The molecule has 0 aliphatic rings. The lowest BCUT2D eigenvalue weighted by atomic mass is 10.1. The van der Waals surface area contributed by atoms with E-state index in [2.05, 4.69) is 29.5 Å². The van der Waals surface area contributed by atoms with E-state index in [1.807, 2.05) is 0 Å². The molecule has 1 atom stereocenters. The number of halogens is 1. The summed E-state index contributed by atoms with van der Waals surface area (Å²) in [5.41, 5.74) is 0.313. The maximum atomic E-state index is 13.0. The van der Waals surface area contributed by atoms with Crippen molar-refractivity contribution < 1.29 is 9.59 Å². The molecule has 2 N–H and O–H groups in total. The number of amides is 3.